The second-order valence-corrected chi connectivity index (χ2v) is 13.6. The Morgan fingerprint density at radius 3 is 1.45 bits per heavy atom. The molecule has 0 bridgehead atoms. The van der Waals surface area contributed by atoms with Crippen molar-refractivity contribution in [1.82, 2.24) is 0 Å². The van der Waals surface area contributed by atoms with Gasteiger partial charge in [0.25, 0.3) is 0 Å². The van der Waals surface area contributed by atoms with Crippen LogP contribution in [0.4, 0.5) is 0 Å². The molecule has 0 rings (SSSR count). The molecule has 0 spiro atoms. The standard InChI is InChI=1S/C27H52P.BrH/c1-8-11-21-28(22-12-9-2,23-13-10-3)24-20-27(7)19-15-18-26(6)17-14-16-25(4)5;/h16,18,20H,8-15,17,19,21-24H2,1-7H3;1H/q+1;/p-1. The topological polar surface area (TPSA) is 0 Å². The van der Waals surface area contributed by atoms with Gasteiger partial charge in [-0.25, -0.2) is 0 Å². The van der Waals surface area contributed by atoms with Crippen molar-refractivity contribution in [3.63, 3.8) is 0 Å². The molecule has 0 aliphatic rings. The van der Waals surface area contributed by atoms with E-state index >= 15 is 0 Å². The molecule has 0 saturated carbocycles. The lowest BCUT2D eigenvalue weighted by Crippen LogP contribution is -3.00. The summed E-state index contributed by atoms with van der Waals surface area (Å²) < 4.78 is 0. The Bertz CT molecular complexity index is 447. The third-order valence-electron chi connectivity index (χ3n) is 5.91. The molecule has 0 aromatic carbocycles. The summed E-state index contributed by atoms with van der Waals surface area (Å²) in [5.41, 5.74) is 4.62. The Hall–Kier alpha value is 0.130. The lowest BCUT2D eigenvalue weighted by atomic mass is 10.1. The summed E-state index contributed by atoms with van der Waals surface area (Å²) in [6, 6.07) is 0. The van der Waals surface area contributed by atoms with Gasteiger partial charge in [0, 0.05) is 7.26 Å². The molecule has 0 aliphatic carbocycles. The van der Waals surface area contributed by atoms with Crippen LogP contribution in [0.3, 0.4) is 0 Å². The molecule has 0 aromatic heterocycles. The number of rotatable bonds is 17. The fraction of sp³-hybridized carbons (Fsp3) is 0.778. The molecule has 0 unspecified atom stereocenters. The molecule has 0 atom stereocenters. The van der Waals surface area contributed by atoms with Crippen LogP contribution in [0.1, 0.15) is 113 Å². The number of hydrogen-bond acceptors (Lipinski definition) is 0. The van der Waals surface area contributed by atoms with Crippen LogP contribution in [0.2, 0.25) is 0 Å². The third kappa shape index (κ3) is 17.5. The van der Waals surface area contributed by atoms with Crippen LogP contribution in [0, 0.1) is 0 Å². The van der Waals surface area contributed by atoms with Crippen molar-refractivity contribution in [1.29, 1.82) is 0 Å². The van der Waals surface area contributed by atoms with Crippen LogP contribution in [0.5, 0.6) is 0 Å². The smallest absolute Gasteiger partial charge is 0.0776 e. The molecule has 0 nitrogen and oxygen atoms in total. The lowest BCUT2D eigenvalue weighted by molar-refractivity contribution is -0.00000657. The van der Waals surface area contributed by atoms with E-state index in [-0.39, 0.29) is 17.0 Å². The van der Waals surface area contributed by atoms with Gasteiger partial charge in [0.05, 0.1) is 24.6 Å². The Balaban J connectivity index is 0. The normalized spacial score (nSPS) is 12.7. The summed E-state index contributed by atoms with van der Waals surface area (Å²) in [4.78, 5) is 0. The van der Waals surface area contributed by atoms with E-state index in [1.165, 1.54) is 94.4 Å². The van der Waals surface area contributed by atoms with Crippen molar-refractivity contribution in [2.45, 2.75) is 113 Å². The molecule has 172 valence electrons. The van der Waals surface area contributed by atoms with Crippen LogP contribution in [0.25, 0.3) is 0 Å². The Morgan fingerprint density at radius 1 is 0.621 bits per heavy atom. The molecule has 0 N–H and O–H groups in total. The van der Waals surface area contributed by atoms with E-state index in [1.807, 2.05) is 0 Å². The van der Waals surface area contributed by atoms with Crippen molar-refractivity contribution in [2.24, 2.45) is 0 Å². The molecule has 0 aromatic rings. The minimum atomic E-state index is -0.773. The van der Waals surface area contributed by atoms with Crippen molar-refractivity contribution < 1.29 is 17.0 Å². The first-order valence-corrected chi connectivity index (χ1v) is 14.7. The lowest BCUT2D eigenvalue weighted by Gasteiger charge is -2.27. The predicted octanol–water partition coefficient (Wildman–Crippen LogP) is 6.83. The molecule has 0 fully saturated rings. The molecule has 0 heterocycles. The van der Waals surface area contributed by atoms with Gasteiger partial charge in [-0.3, -0.25) is 0 Å². The van der Waals surface area contributed by atoms with E-state index in [1.54, 1.807) is 11.1 Å². The average molecular weight is 488 g/mol. The summed E-state index contributed by atoms with van der Waals surface area (Å²) in [6.07, 6.45) is 26.8. The molecule has 0 saturated heterocycles. The van der Waals surface area contributed by atoms with E-state index in [9.17, 15) is 0 Å². The minimum Gasteiger partial charge on any atom is -1.00 e. The Labute approximate surface area is 196 Å². The highest BCUT2D eigenvalue weighted by Crippen LogP contribution is 2.60. The fourth-order valence-electron chi connectivity index (χ4n) is 3.78. The summed E-state index contributed by atoms with van der Waals surface area (Å²) in [6.45, 7) is 16.1. The van der Waals surface area contributed by atoms with E-state index in [0.717, 1.165) is 0 Å². The van der Waals surface area contributed by atoms with Crippen LogP contribution in [0.15, 0.2) is 34.9 Å². The van der Waals surface area contributed by atoms with E-state index in [4.69, 9.17) is 0 Å². The first-order valence-electron chi connectivity index (χ1n) is 12.2. The molecule has 0 amide bonds. The number of halogens is 1. The summed E-state index contributed by atoms with van der Waals surface area (Å²) in [7, 11) is -0.773. The highest BCUT2D eigenvalue weighted by Gasteiger charge is 2.34. The average Bonchev–Trinajstić information content (AvgIpc) is 2.66. The highest BCUT2D eigenvalue weighted by molar-refractivity contribution is 7.76. The summed E-state index contributed by atoms with van der Waals surface area (Å²) >= 11 is 0. The van der Waals surface area contributed by atoms with Crippen LogP contribution in [-0.2, 0) is 0 Å². The van der Waals surface area contributed by atoms with Gasteiger partial charge in [0.1, 0.15) is 0 Å². The van der Waals surface area contributed by atoms with Crippen molar-refractivity contribution in [3.8, 4) is 0 Å². The first-order chi connectivity index (χ1) is 13.4. The van der Waals surface area contributed by atoms with E-state index < -0.39 is 7.26 Å². The summed E-state index contributed by atoms with van der Waals surface area (Å²) in [5.74, 6) is 0. The monoisotopic (exact) mass is 486 g/mol. The zero-order chi connectivity index (χ0) is 21.3. The maximum atomic E-state index is 2.65. The minimum absolute atomic E-state index is 0. The van der Waals surface area contributed by atoms with Gasteiger partial charge in [-0.1, -0.05) is 68.9 Å². The van der Waals surface area contributed by atoms with Crippen LogP contribution >= 0.6 is 7.26 Å². The third-order valence-corrected chi connectivity index (χ3v) is 10.7. The van der Waals surface area contributed by atoms with Gasteiger partial charge in [0.2, 0.25) is 0 Å². The van der Waals surface area contributed by atoms with Gasteiger partial charge >= 0.3 is 0 Å². The first kappa shape index (κ1) is 31.3. The fourth-order valence-corrected chi connectivity index (χ4v) is 8.66. The van der Waals surface area contributed by atoms with Crippen molar-refractivity contribution in [3.05, 3.63) is 34.9 Å². The number of allylic oxidation sites excluding steroid dienone is 6. The molecular weight excluding hydrogens is 435 g/mol. The second-order valence-electron chi connectivity index (χ2n) is 9.22. The zero-order valence-electron chi connectivity index (χ0n) is 21.0. The van der Waals surface area contributed by atoms with E-state index in [2.05, 4.69) is 66.7 Å². The van der Waals surface area contributed by atoms with Crippen LogP contribution < -0.4 is 17.0 Å². The van der Waals surface area contributed by atoms with Crippen molar-refractivity contribution in [2.75, 3.05) is 24.6 Å². The predicted molar refractivity (Wildman–Crippen MR) is 137 cm³/mol. The van der Waals surface area contributed by atoms with E-state index in [0.29, 0.717) is 0 Å². The van der Waals surface area contributed by atoms with Gasteiger partial charge in [-0.05, 0) is 78.7 Å². The summed E-state index contributed by atoms with van der Waals surface area (Å²) in [5, 5.41) is 0. The number of unbranched alkanes of at least 4 members (excludes halogenated alkanes) is 3. The van der Waals surface area contributed by atoms with Gasteiger partial charge in [-0.15, -0.1) is 0 Å². The Morgan fingerprint density at radius 2 is 1.03 bits per heavy atom. The molecule has 2 heteroatoms. The maximum absolute atomic E-state index is 2.65. The quantitative estimate of drug-likeness (QED) is 0.156. The largest absolute Gasteiger partial charge is 1.00 e. The Kier molecular flexibility index (Phi) is 21.7. The number of hydrogen-bond donors (Lipinski definition) is 0. The highest BCUT2D eigenvalue weighted by atomic mass is 79.9. The molecular formula is C27H52BrP. The van der Waals surface area contributed by atoms with Gasteiger partial charge in [-0.2, -0.15) is 0 Å². The SMILES string of the molecule is CCCC[P+](CC=C(C)CCC=C(C)CCC=C(C)C)(CCCC)CCCC.[Br-]. The van der Waals surface area contributed by atoms with Crippen LogP contribution in [-0.4, -0.2) is 24.6 Å². The molecule has 0 aliphatic heterocycles. The molecule has 0 radical (unpaired) electrons. The van der Waals surface area contributed by atoms with Gasteiger partial charge in [0.15, 0.2) is 0 Å². The maximum Gasteiger partial charge on any atom is 0.0776 e. The van der Waals surface area contributed by atoms with Gasteiger partial charge < -0.3 is 17.0 Å². The molecule has 29 heavy (non-hydrogen) atoms. The second kappa shape index (κ2) is 20.1. The van der Waals surface area contributed by atoms with Crippen molar-refractivity contribution >= 4 is 7.26 Å². The zero-order valence-corrected chi connectivity index (χ0v) is 23.4.